The molecule has 0 N–H and O–H groups in total. The summed E-state index contributed by atoms with van der Waals surface area (Å²) in [7, 11) is -2.28. The molecule has 0 radical (unpaired) electrons. The van der Waals surface area contributed by atoms with Gasteiger partial charge < -0.3 is 0 Å². The lowest BCUT2D eigenvalue weighted by atomic mass is 10.2. The van der Waals surface area contributed by atoms with Gasteiger partial charge in [0.05, 0.1) is 5.75 Å². The second-order valence-corrected chi connectivity index (χ2v) is 4.69. The van der Waals surface area contributed by atoms with E-state index in [9.17, 15) is 8.42 Å². The molecule has 0 fully saturated rings. The van der Waals surface area contributed by atoms with E-state index in [-0.39, 0.29) is 5.75 Å². The average Bonchev–Trinajstić information content (AvgIpc) is 2.31. The van der Waals surface area contributed by atoms with Crippen LogP contribution >= 0.6 is 11.6 Å². The van der Waals surface area contributed by atoms with Gasteiger partial charge in [0.25, 0.3) is 0 Å². The first kappa shape index (κ1) is 13.7. The summed E-state index contributed by atoms with van der Waals surface area (Å²) in [5.74, 6) is 0.149. The largest absolute Gasteiger partial charge is 0.232 e. The quantitative estimate of drug-likeness (QED) is 0.849. The number of thiol groups is 1. The summed E-state index contributed by atoms with van der Waals surface area (Å²) in [6, 6.07) is 18.6. The molecule has 90 valence electrons. The monoisotopic (exact) mass is 268 g/mol. The van der Waals surface area contributed by atoms with Crippen molar-refractivity contribution in [2.75, 3.05) is 0 Å². The molecular formula is C13H13ClO2S. The van der Waals surface area contributed by atoms with Gasteiger partial charge in [-0.05, 0) is 17.7 Å². The molecule has 0 saturated carbocycles. The number of hydrogen-bond donors (Lipinski definition) is 1. The molecule has 0 aliphatic carbocycles. The Morgan fingerprint density at radius 3 is 1.65 bits per heavy atom. The molecule has 17 heavy (non-hydrogen) atoms. The third-order valence-corrected chi connectivity index (χ3v) is 2.76. The van der Waals surface area contributed by atoms with Crippen molar-refractivity contribution in [3.63, 3.8) is 0 Å². The Hall–Kier alpha value is -1.32. The summed E-state index contributed by atoms with van der Waals surface area (Å²) in [4.78, 5) is 0. The van der Waals surface area contributed by atoms with Crippen LogP contribution in [0.1, 0.15) is 5.56 Å². The van der Waals surface area contributed by atoms with Gasteiger partial charge in [-0.2, -0.15) is 0 Å². The number of hydrogen-bond acceptors (Lipinski definition) is 2. The van der Waals surface area contributed by atoms with Crippen LogP contribution in [0.2, 0.25) is 5.02 Å². The molecular weight excluding hydrogens is 256 g/mol. The first-order valence-corrected chi connectivity index (χ1v) is 6.79. The van der Waals surface area contributed by atoms with Crippen LogP contribution in [0.4, 0.5) is 0 Å². The van der Waals surface area contributed by atoms with E-state index in [0.717, 1.165) is 10.6 Å². The molecule has 2 rings (SSSR count). The van der Waals surface area contributed by atoms with Crippen molar-refractivity contribution in [2.24, 2.45) is 0 Å². The fourth-order valence-electron chi connectivity index (χ4n) is 1.15. The third kappa shape index (κ3) is 6.76. The Kier molecular flexibility index (Phi) is 6.37. The van der Waals surface area contributed by atoms with Crippen molar-refractivity contribution >= 4 is 22.3 Å². The van der Waals surface area contributed by atoms with Crippen LogP contribution in [0.25, 0.3) is 0 Å². The summed E-state index contributed by atoms with van der Waals surface area (Å²) in [5.41, 5.74) is 0.846. The minimum absolute atomic E-state index is 0.149. The zero-order chi connectivity index (χ0) is 12.5. The van der Waals surface area contributed by atoms with Crippen LogP contribution in [0.3, 0.4) is 0 Å². The van der Waals surface area contributed by atoms with Crippen molar-refractivity contribution in [1.82, 2.24) is 0 Å². The second kappa shape index (κ2) is 7.87. The van der Waals surface area contributed by atoms with E-state index < -0.39 is 10.7 Å². The van der Waals surface area contributed by atoms with Crippen LogP contribution in [-0.2, 0) is 16.5 Å². The Labute approximate surface area is 108 Å². The van der Waals surface area contributed by atoms with E-state index in [2.05, 4.69) is 0 Å². The van der Waals surface area contributed by atoms with E-state index in [1.165, 1.54) is 0 Å². The van der Waals surface area contributed by atoms with Gasteiger partial charge >= 0.3 is 0 Å². The lowest BCUT2D eigenvalue weighted by molar-refractivity contribution is 0.614. The summed E-state index contributed by atoms with van der Waals surface area (Å²) < 4.78 is 20.4. The normalized spacial score (nSPS) is 9.53. The van der Waals surface area contributed by atoms with E-state index in [1.807, 2.05) is 48.5 Å². The highest BCUT2D eigenvalue weighted by atomic mass is 35.5. The van der Waals surface area contributed by atoms with Gasteiger partial charge in [-0.15, -0.1) is 0 Å². The number of benzene rings is 2. The first-order valence-electron chi connectivity index (χ1n) is 5.05. The van der Waals surface area contributed by atoms with Crippen molar-refractivity contribution < 1.29 is 8.42 Å². The van der Waals surface area contributed by atoms with Gasteiger partial charge in [0.15, 0.2) is 0 Å². The standard InChI is InChI=1S/C7H8O2S.C6H5Cl/c8-10(9)6-7-4-2-1-3-5-7;7-6-4-2-1-3-5-6/h1-5,10H,6H2;1-5H. The van der Waals surface area contributed by atoms with Gasteiger partial charge in [-0.25, -0.2) is 8.42 Å². The molecule has 0 saturated heterocycles. The third-order valence-electron chi connectivity index (χ3n) is 1.89. The molecule has 0 aliphatic rings. The molecule has 0 unspecified atom stereocenters. The van der Waals surface area contributed by atoms with Crippen LogP contribution < -0.4 is 0 Å². The van der Waals surface area contributed by atoms with Crippen molar-refractivity contribution in [2.45, 2.75) is 5.75 Å². The summed E-state index contributed by atoms with van der Waals surface area (Å²) in [6.45, 7) is 0. The highest BCUT2D eigenvalue weighted by Gasteiger charge is 1.89. The fourth-order valence-corrected chi connectivity index (χ4v) is 1.80. The van der Waals surface area contributed by atoms with Gasteiger partial charge in [-0.3, -0.25) is 0 Å². The topological polar surface area (TPSA) is 34.1 Å². The maximum absolute atomic E-state index is 10.2. The molecule has 0 bridgehead atoms. The minimum atomic E-state index is -2.28. The molecule has 2 aromatic rings. The van der Waals surface area contributed by atoms with Crippen LogP contribution in [0.5, 0.6) is 0 Å². The molecule has 2 nitrogen and oxygen atoms in total. The van der Waals surface area contributed by atoms with Crippen molar-refractivity contribution in [3.8, 4) is 0 Å². The Morgan fingerprint density at radius 1 is 0.824 bits per heavy atom. The maximum atomic E-state index is 10.2. The molecule has 0 aromatic heterocycles. The van der Waals surface area contributed by atoms with E-state index in [4.69, 9.17) is 11.6 Å². The van der Waals surface area contributed by atoms with Gasteiger partial charge in [0.1, 0.15) is 10.7 Å². The highest BCUT2D eigenvalue weighted by Crippen LogP contribution is 2.03. The van der Waals surface area contributed by atoms with Gasteiger partial charge in [0.2, 0.25) is 0 Å². The van der Waals surface area contributed by atoms with E-state index >= 15 is 0 Å². The zero-order valence-corrected chi connectivity index (χ0v) is 10.8. The van der Waals surface area contributed by atoms with Crippen molar-refractivity contribution in [1.29, 1.82) is 0 Å². The smallest absolute Gasteiger partial charge is 0.144 e. The van der Waals surface area contributed by atoms with Crippen LogP contribution in [0.15, 0.2) is 60.7 Å². The first-order chi connectivity index (χ1) is 8.18. The van der Waals surface area contributed by atoms with Gasteiger partial charge in [-0.1, -0.05) is 60.1 Å². The number of halogens is 1. The maximum Gasteiger partial charge on any atom is 0.144 e. The molecule has 0 spiro atoms. The van der Waals surface area contributed by atoms with Crippen LogP contribution in [0, 0.1) is 0 Å². The summed E-state index contributed by atoms with van der Waals surface area (Å²) in [5, 5.41) is 0.794. The van der Waals surface area contributed by atoms with E-state index in [1.54, 1.807) is 12.1 Å². The minimum Gasteiger partial charge on any atom is -0.232 e. The SMILES string of the molecule is Clc1ccccc1.O=[SH](=O)Cc1ccccc1. The predicted molar refractivity (Wildman–Crippen MR) is 71.9 cm³/mol. The summed E-state index contributed by atoms with van der Waals surface area (Å²) in [6.07, 6.45) is 0. The lowest BCUT2D eigenvalue weighted by Crippen LogP contribution is -1.83. The molecule has 4 heteroatoms. The predicted octanol–water partition coefficient (Wildman–Crippen LogP) is 3.14. The Bertz CT molecular complexity index is 487. The van der Waals surface area contributed by atoms with Crippen LogP contribution in [-0.4, -0.2) is 8.42 Å². The molecule has 0 amide bonds. The highest BCUT2D eigenvalue weighted by molar-refractivity contribution is 7.71. The zero-order valence-electron chi connectivity index (χ0n) is 9.12. The van der Waals surface area contributed by atoms with E-state index in [0.29, 0.717) is 0 Å². The van der Waals surface area contributed by atoms with Gasteiger partial charge in [0, 0.05) is 5.02 Å². The van der Waals surface area contributed by atoms with Crippen molar-refractivity contribution in [3.05, 3.63) is 71.2 Å². The molecule has 0 aliphatic heterocycles. The fraction of sp³-hybridized carbons (Fsp3) is 0.0769. The Morgan fingerprint density at radius 2 is 1.29 bits per heavy atom. The molecule has 2 aromatic carbocycles. The number of rotatable bonds is 2. The molecule has 0 atom stereocenters. The molecule has 0 heterocycles. The summed E-state index contributed by atoms with van der Waals surface area (Å²) >= 11 is 5.54. The second-order valence-electron chi connectivity index (χ2n) is 3.27. The average molecular weight is 269 g/mol. The Balaban J connectivity index is 0.000000181. The lowest BCUT2D eigenvalue weighted by Gasteiger charge is -1.90.